The predicted octanol–water partition coefficient (Wildman–Crippen LogP) is 2.96. The molecule has 0 bridgehead atoms. The van der Waals surface area contributed by atoms with E-state index in [1.165, 1.54) is 22.2 Å². The van der Waals surface area contributed by atoms with Crippen molar-refractivity contribution < 1.29 is 4.79 Å². The van der Waals surface area contributed by atoms with Gasteiger partial charge in [-0.2, -0.15) is 0 Å². The maximum absolute atomic E-state index is 12.4. The van der Waals surface area contributed by atoms with Gasteiger partial charge in [-0.15, -0.1) is 11.3 Å². The third-order valence-electron chi connectivity index (χ3n) is 3.43. The molecule has 0 N–H and O–H groups in total. The molecule has 0 aliphatic heterocycles. The zero-order chi connectivity index (χ0) is 15.0. The molecule has 0 aliphatic carbocycles. The van der Waals surface area contributed by atoms with E-state index in [0.717, 1.165) is 11.1 Å². The fraction of sp³-hybridized carbons (Fsp3) is 0.188. The Labute approximate surface area is 125 Å². The number of aromatic nitrogens is 2. The number of aryl methyl sites for hydroxylation is 2. The molecule has 3 rings (SSSR count). The molecule has 0 amide bonds. The van der Waals surface area contributed by atoms with E-state index in [1.54, 1.807) is 6.07 Å². The Morgan fingerprint density at radius 1 is 1.29 bits per heavy atom. The number of thiophene rings is 1. The average Bonchev–Trinajstić information content (AvgIpc) is 2.91. The first-order valence-electron chi connectivity index (χ1n) is 6.59. The van der Waals surface area contributed by atoms with Crippen LogP contribution in [0.25, 0.3) is 10.2 Å². The van der Waals surface area contributed by atoms with Crippen LogP contribution in [-0.2, 0) is 6.54 Å². The minimum atomic E-state index is -0.159. The van der Waals surface area contributed by atoms with Crippen molar-refractivity contribution in [3.05, 3.63) is 63.0 Å². The van der Waals surface area contributed by atoms with E-state index >= 15 is 0 Å². The lowest BCUT2D eigenvalue weighted by Crippen LogP contribution is -2.24. The molecule has 0 atom stereocenters. The van der Waals surface area contributed by atoms with Gasteiger partial charge in [-0.05, 0) is 30.9 Å². The van der Waals surface area contributed by atoms with E-state index in [-0.39, 0.29) is 17.9 Å². The summed E-state index contributed by atoms with van der Waals surface area (Å²) in [5, 5.41) is 1.83. The lowest BCUT2D eigenvalue weighted by Gasteiger charge is -2.08. The predicted molar refractivity (Wildman–Crippen MR) is 84.1 cm³/mol. The van der Waals surface area contributed by atoms with Crippen LogP contribution in [0.1, 0.15) is 21.5 Å². The van der Waals surface area contributed by atoms with E-state index in [4.69, 9.17) is 0 Å². The molecule has 0 radical (unpaired) electrons. The van der Waals surface area contributed by atoms with Gasteiger partial charge < -0.3 is 0 Å². The molecule has 1 aromatic carbocycles. The number of hydrogen-bond acceptors (Lipinski definition) is 4. The number of benzene rings is 1. The largest absolute Gasteiger partial charge is 0.292 e. The molecule has 0 saturated heterocycles. The van der Waals surface area contributed by atoms with Gasteiger partial charge in [0, 0.05) is 5.56 Å². The molecule has 4 nitrogen and oxygen atoms in total. The van der Waals surface area contributed by atoms with Crippen LogP contribution < -0.4 is 5.56 Å². The summed E-state index contributed by atoms with van der Waals surface area (Å²) in [6, 6.07) is 7.49. The lowest BCUT2D eigenvalue weighted by atomic mass is 10.0. The Kier molecular flexibility index (Phi) is 3.43. The topological polar surface area (TPSA) is 52.0 Å². The minimum Gasteiger partial charge on any atom is -0.292 e. The molecule has 0 unspecified atom stereocenters. The van der Waals surface area contributed by atoms with E-state index in [9.17, 15) is 9.59 Å². The highest BCUT2D eigenvalue weighted by Gasteiger charge is 2.12. The summed E-state index contributed by atoms with van der Waals surface area (Å²) in [5.74, 6) is -0.0766. The van der Waals surface area contributed by atoms with Gasteiger partial charge in [-0.3, -0.25) is 14.2 Å². The third-order valence-corrected chi connectivity index (χ3v) is 4.32. The smallest absolute Gasteiger partial charge is 0.271 e. The van der Waals surface area contributed by atoms with Crippen molar-refractivity contribution in [3.63, 3.8) is 0 Å². The van der Waals surface area contributed by atoms with Crippen molar-refractivity contribution in [2.45, 2.75) is 20.4 Å². The highest BCUT2D eigenvalue weighted by Crippen LogP contribution is 2.14. The minimum absolute atomic E-state index is 0.0174. The second kappa shape index (κ2) is 5.26. The van der Waals surface area contributed by atoms with Gasteiger partial charge in [0.25, 0.3) is 5.56 Å². The van der Waals surface area contributed by atoms with Crippen LogP contribution in [0, 0.1) is 13.8 Å². The zero-order valence-corrected chi connectivity index (χ0v) is 12.6. The molecule has 21 heavy (non-hydrogen) atoms. The van der Waals surface area contributed by atoms with Crippen molar-refractivity contribution in [1.82, 2.24) is 9.55 Å². The fourth-order valence-corrected chi connectivity index (χ4v) is 3.15. The number of nitrogens with zero attached hydrogens (tertiary/aromatic N) is 2. The summed E-state index contributed by atoms with van der Waals surface area (Å²) in [7, 11) is 0. The van der Waals surface area contributed by atoms with Crippen LogP contribution in [0.15, 0.2) is 40.8 Å². The lowest BCUT2D eigenvalue weighted by molar-refractivity contribution is 0.0970. The van der Waals surface area contributed by atoms with Crippen LogP contribution >= 0.6 is 11.3 Å². The third kappa shape index (κ3) is 2.52. The number of hydrogen-bond donors (Lipinski definition) is 0. The van der Waals surface area contributed by atoms with Crippen LogP contribution in [0.5, 0.6) is 0 Å². The molecule has 2 aromatic heterocycles. The summed E-state index contributed by atoms with van der Waals surface area (Å²) in [6.45, 7) is 3.91. The first kappa shape index (κ1) is 13.7. The van der Waals surface area contributed by atoms with E-state index in [1.807, 2.05) is 37.4 Å². The van der Waals surface area contributed by atoms with Crippen molar-refractivity contribution in [2.75, 3.05) is 0 Å². The Bertz CT molecular complexity index is 893. The molecular weight excluding hydrogens is 284 g/mol. The Hall–Kier alpha value is -2.27. The first-order chi connectivity index (χ1) is 10.1. The van der Waals surface area contributed by atoms with Gasteiger partial charge in [0.1, 0.15) is 4.70 Å². The van der Waals surface area contributed by atoms with Gasteiger partial charge >= 0.3 is 0 Å². The standard InChI is InChI=1S/C16H14N2O2S/c1-10-3-4-12(11(2)7-10)14(19)8-18-9-17-13-5-6-21-15(13)16(18)20/h3-7,9H,8H2,1-2H3. The quantitative estimate of drug-likeness (QED) is 0.699. The Morgan fingerprint density at radius 2 is 2.10 bits per heavy atom. The van der Waals surface area contributed by atoms with Crippen molar-refractivity contribution in [3.8, 4) is 0 Å². The average molecular weight is 298 g/mol. The SMILES string of the molecule is Cc1ccc(C(=O)Cn2cnc3ccsc3c2=O)c(C)c1. The van der Waals surface area contributed by atoms with Gasteiger partial charge in [-0.1, -0.05) is 23.8 Å². The van der Waals surface area contributed by atoms with Gasteiger partial charge in [0.2, 0.25) is 0 Å². The second-order valence-electron chi connectivity index (χ2n) is 5.05. The zero-order valence-electron chi connectivity index (χ0n) is 11.8. The number of rotatable bonds is 3. The summed E-state index contributed by atoms with van der Waals surface area (Å²) in [5.41, 5.74) is 3.22. The normalized spacial score (nSPS) is 11.0. The van der Waals surface area contributed by atoms with Crippen molar-refractivity contribution >= 4 is 27.3 Å². The van der Waals surface area contributed by atoms with E-state index in [0.29, 0.717) is 15.8 Å². The monoisotopic (exact) mass is 298 g/mol. The number of ketones is 1. The summed E-state index contributed by atoms with van der Waals surface area (Å²) >= 11 is 1.35. The maximum Gasteiger partial charge on any atom is 0.271 e. The van der Waals surface area contributed by atoms with E-state index in [2.05, 4.69) is 4.98 Å². The molecular formula is C16H14N2O2S. The van der Waals surface area contributed by atoms with Crippen molar-refractivity contribution in [2.24, 2.45) is 0 Å². The molecule has 0 fully saturated rings. The summed E-state index contributed by atoms with van der Waals surface area (Å²) in [4.78, 5) is 28.9. The number of fused-ring (bicyclic) bond motifs is 1. The number of carbonyl (C=O) groups excluding carboxylic acids is 1. The molecule has 5 heteroatoms. The molecule has 2 heterocycles. The van der Waals surface area contributed by atoms with Crippen molar-refractivity contribution in [1.29, 1.82) is 0 Å². The summed E-state index contributed by atoms with van der Waals surface area (Å²) in [6.07, 6.45) is 1.44. The Balaban J connectivity index is 1.96. The molecule has 3 aromatic rings. The van der Waals surface area contributed by atoms with Gasteiger partial charge in [0.15, 0.2) is 5.78 Å². The van der Waals surface area contributed by atoms with Gasteiger partial charge in [0.05, 0.1) is 18.4 Å². The maximum atomic E-state index is 12.4. The molecule has 0 saturated carbocycles. The molecule has 106 valence electrons. The second-order valence-corrected chi connectivity index (χ2v) is 5.97. The molecule has 0 aliphatic rings. The fourth-order valence-electron chi connectivity index (χ4n) is 2.36. The number of carbonyl (C=O) groups is 1. The number of Topliss-reactive ketones (excluding diaryl/α,β-unsaturated/α-hetero) is 1. The first-order valence-corrected chi connectivity index (χ1v) is 7.47. The summed E-state index contributed by atoms with van der Waals surface area (Å²) < 4.78 is 1.96. The van der Waals surface area contributed by atoms with Crippen LogP contribution in [-0.4, -0.2) is 15.3 Å². The Morgan fingerprint density at radius 3 is 2.86 bits per heavy atom. The van der Waals surface area contributed by atoms with Crippen LogP contribution in [0.3, 0.4) is 0 Å². The highest BCUT2D eigenvalue weighted by atomic mass is 32.1. The van der Waals surface area contributed by atoms with E-state index < -0.39 is 0 Å². The van der Waals surface area contributed by atoms with Crippen LogP contribution in [0.2, 0.25) is 0 Å². The van der Waals surface area contributed by atoms with Gasteiger partial charge in [-0.25, -0.2) is 4.98 Å². The molecule has 0 spiro atoms. The highest BCUT2D eigenvalue weighted by molar-refractivity contribution is 7.17. The van der Waals surface area contributed by atoms with Crippen LogP contribution in [0.4, 0.5) is 0 Å².